The number of para-hydroxylation sites is 3. The van der Waals surface area contributed by atoms with Crippen molar-refractivity contribution in [3.63, 3.8) is 0 Å². The van der Waals surface area contributed by atoms with Crippen molar-refractivity contribution >= 4 is 16.9 Å². The Labute approximate surface area is 153 Å². The van der Waals surface area contributed by atoms with E-state index in [0.717, 1.165) is 35.4 Å². The van der Waals surface area contributed by atoms with E-state index >= 15 is 0 Å². The number of carbonyl (C=O) groups excluding carboxylic acids is 1. The van der Waals surface area contributed by atoms with Crippen LogP contribution in [0.15, 0.2) is 54.6 Å². The van der Waals surface area contributed by atoms with Crippen molar-refractivity contribution in [3.05, 3.63) is 60.4 Å². The zero-order chi connectivity index (χ0) is 18.2. The van der Waals surface area contributed by atoms with E-state index in [2.05, 4.69) is 10.3 Å². The molecule has 3 aromatic rings. The summed E-state index contributed by atoms with van der Waals surface area (Å²) in [5.74, 6) is 1.47. The van der Waals surface area contributed by atoms with Crippen LogP contribution in [0.2, 0.25) is 0 Å². The second-order valence-electron chi connectivity index (χ2n) is 6.05. The Bertz CT molecular complexity index is 845. The van der Waals surface area contributed by atoms with Crippen molar-refractivity contribution in [1.82, 2.24) is 14.9 Å². The Balaban J connectivity index is 1.73. The summed E-state index contributed by atoms with van der Waals surface area (Å²) in [6, 6.07) is 17.4. The average Bonchev–Trinajstić information content (AvgIpc) is 3.02. The van der Waals surface area contributed by atoms with Crippen molar-refractivity contribution in [2.24, 2.45) is 5.73 Å². The molecule has 0 bridgehead atoms. The smallest absolute Gasteiger partial charge is 0.240 e. The number of imidazole rings is 1. The lowest BCUT2D eigenvalue weighted by Crippen LogP contribution is -2.29. The molecule has 1 amide bonds. The summed E-state index contributed by atoms with van der Waals surface area (Å²) in [6.07, 6.45) is 1.79. The van der Waals surface area contributed by atoms with E-state index in [0.29, 0.717) is 19.7 Å². The van der Waals surface area contributed by atoms with Gasteiger partial charge in [-0.15, -0.1) is 0 Å². The third kappa shape index (κ3) is 4.61. The number of benzene rings is 2. The fourth-order valence-electron chi connectivity index (χ4n) is 2.77. The highest BCUT2D eigenvalue weighted by molar-refractivity contribution is 5.81. The standard InChI is InChI=1S/C20H24N4O2/c21-12-6-7-13-22-20(25)14-24-18-11-5-4-10-17(18)23-19(24)15-26-16-8-2-1-3-9-16/h1-5,8-11H,6-7,12-15,21H2,(H,22,25). The van der Waals surface area contributed by atoms with Crippen LogP contribution in [0.25, 0.3) is 11.0 Å². The number of rotatable bonds is 9. The highest BCUT2D eigenvalue weighted by Gasteiger charge is 2.14. The van der Waals surface area contributed by atoms with Crippen LogP contribution < -0.4 is 15.8 Å². The Morgan fingerprint density at radius 2 is 1.85 bits per heavy atom. The van der Waals surface area contributed by atoms with Gasteiger partial charge in [0, 0.05) is 6.54 Å². The topological polar surface area (TPSA) is 82.2 Å². The average molecular weight is 352 g/mol. The molecular weight excluding hydrogens is 328 g/mol. The van der Waals surface area contributed by atoms with Gasteiger partial charge in [-0.1, -0.05) is 30.3 Å². The first-order valence-corrected chi connectivity index (χ1v) is 8.86. The summed E-state index contributed by atoms with van der Waals surface area (Å²) in [7, 11) is 0. The quantitative estimate of drug-likeness (QED) is 0.580. The molecule has 0 saturated heterocycles. The van der Waals surface area contributed by atoms with Crippen LogP contribution in [-0.2, 0) is 17.9 Å². The van der Waals surface area contributed by atoms with Gasteiger partial charge in [0.05, 0.1) is 11.0 Å². The number of nitrogens with zero attached hydrogens (tertiary/aromatic N) is 2. The number of hydrogen-bond donors (Lipinski definition) is 2. The van der Waals surface area contributed by atoms with Crippen molar-refractivity contribution in [3.8, 4) is 5.75 Å². The fraction of sp³-hybridized carbons (Fsp3) is 0.300. The third-order valence-electron chi connectivity index (χ3n) is 4.10. The lowest BCUT2D eigenvalue weighted by atomic mass is 10.3. The van der Waals surface area contributed by atoms with E-state index in [1.165, 1.54) is 0 Å². The van der Waals surface area contributed by atoms with Crippen molar-refractivity contribution < 1.29 is 9.53 Å². The molecule has 6 nitrogen and oxygen atoms in total. The maximum atomic E-state index is 12.3. The minimum Gasteiger partial charge on any atom is -0.486 e. The molecule has 6 heteroatoms. The SMILES string of the molecule is NCCCCNC(=O)Cn1c(COc2ccccc2)nc2ccccc21. The molecule has 0 atom stereocenters. The van der Waals surface area contributed by atoms with Crippen LogP contribution in [0.1, 0.15) is 18.7 Å². The van der Waals surface area contributed by atoms with Crippen LogP contribution >= 0.6 is 0 Å². The van der Waals surface area contributed by atoms with Gasteiger partial charge in [0.15, 0.2) is 0 Å². The number of unbranched alkanes of at least 4 members (excludes halogenated alkanes) is 1. The maximum absolute atomic E-state index is 12.3. The zero-order valence-electron chi connectivity index (χ0n) is 14.7. The normalized spacial score (nSPS) is 10.8. The van der Waals surface area contributed by atoms with E-state index in [-0.39, 0.29) is 12.5 Å². The first kappa shape index (κ1) is 17.9. The molecule has 0 aliphatic heterocycles. The summed E-state index contributed by atoms with van der Waals surface area (Å²) in [6.45, 7) is 1.80. The fourth-order valence-corrected chi connectivity index (χ4v) is 2.77. The summed E-state index contributed by atoms with van der Waals surface area (Å²) in [4.78, 5) is 16.9. The van der Waals surface area contributed by atoms with Gasteiger partial charge in [0.25, 0.3) is 0 Å². The molecule has 3 N–H and O–H groups in total. The minimum absolute atomic E-state index is 0.0360. The molecule has 0 aliphatic rings. The number of aromatic nitrogens is 2. The summed E-state index contributed by atoms with van der Waals surface area (Å²) >= 11 is 0. The molecule has 0 aliphatic carbocycles. The van der Waals surface area contributed by atoms with E-state index in [9.17, 15) is 4.79 Å². The van der Waals surface area contributed by atoms with Crippen LogP contribution in [0.5, 0.6) is 5.75 Å². The highest BCUT2D eigenvalue weighted by Crippen LogP contribution is 2.18. The largest absolute Gasteiger partial charge is 0.486 e. The Morgan fingerprint density at radius 1 is 1.08 bits per heavy atom. The van der Waals surface area contributed by atoms with Gasteiger partial charge in [0.1, 0.15) is 24.7 Å². The van der Waals surface area contributed by atoms with E-state index < -0.39 is 0 Å². The molecule has 3 rings (SSSR count). The number of amides is 1. The first-order valence-electron chi connectivity index (χ1n) is 8.86. The molecular formula is C20H24N4O2. The van der Waals surface area contributed by atoms with E-state index in [1.54, 1.807) is 0 Å². The van der Waals surface area contributed by atoms with Gasteiger partial charge in [-0.25, -0.2) is 4.98 Å². The number of ether oxygens (including phenoxy) is 1. The van der Waals surface area contributed by atoms with Gasteiger partial charge < -0.3 is 20.4 Å². The predicted molar refractivity (Wildman–Crippen MR) is 102 cm³/mol. The van der Waals surface area contributed by atoms with Crippen LogP contribution in [0.3, 0.4) is 0 Å². The van der Waals surface area contributed by atoms with E-state index in [1.807, 2.05) is 59.2 Å². The molecule has 26 heavy (non-hydrogen) atoms. The summed E-state index contributed by atoms with van der Waals surface area (Å²) in [5, 5.41) is 2.94. The van der Waals surface area contributed by atoms with Gasteiger partial charge in [0.2, 0.25) is 5.91 Å². The zero-order valence-corrected chi connectivity index (χ0v) is 14.7. The molecule has 0 fully saturated rings. The molecule has 2 aromatic carbocycles. The number of hydrogen-bond acceptors (Lipinski definition) is 4. The first-order chi connectivity index (χ1) is 12.8. The molecule has 0 saturated carbocycles. The summed E-state index contributed by atoms with van der Waals surface area (Å²) in [5.41, 5.74) is 7.26. The van der Waals surface area contributed by atoms with Crippen molar-refractivity contribution in [1.29, 1.82) is 0 Å². The van der Waals surface area contributed by atoms with Crippen molar-refractivity contribution in [2.45, 2.75) is 26.0 Å². The van der Waals surface area contributed by atoms with Crippen LogP contribution in [0.4, 0.5) is 0 Å². The second-order valence-corrected chi connectivity index (χ2v) is 6.05. The van der Waals surface area contributed by atoms with Gasteiger partial charge in [-0.3, -0.25) is 4.79 Å². The minimum atomic E-state index is -0.0360. The number of carbonyl (C=O) groups is 1. The molecule has 0 unspecified atom stereocenters. The number of fused-ring (bicyclic) bond motifs is 1. The van der Waals surface area contributed by atoms with Crippen LogP contribution in [0, 0.1) is 0 Å². The van der Waals surface area contributed by atoms with Gasteiger partial charge in [-0.05, 0) is 43.7 Å². The number of nitrogens with two attached hydrogens (primary N) is 1. The van der Waals surface area contributed by atoms with Gasteiger partial charge >= 0.3 is 0 Å². The summed E-state index contributed by atoms with van der Waals surface area (Å²) < 4.78 is 7.74. The second kappa shape index (κ2) is 9.01. The number of nitrogens with one attached hydrogen (secondary N) is 1. The Hall–Kier alpha value is -2.86. The van der Waals surface area contributed by atoms with E-state index in [4.69, 9.17) is 10.5 Å². The Morgan fingerprint density at radius 3 is 2.65 bits per heavy atom. The molecule has 0 spiro atoms. The molecule has 1 heterocycles. The Kier molecular flexibility index (Phi) is 6.22. The van der Waals surface area contributed by atoms with Crippen molar-refractivity contribution in [2.75, 3.05) is 13.1 Å². The van der Waals surface area contributed by atoms with Crippen LogP contribution in [-0.4, -0.2) is 28.5 Å². The van der Waals surface area contributed by atoms with Gasteiger partial charge in [-0.2, -0.15) is 0 Å². The molecule has 136 valence electrons. The molecule has 0 radical (unpaired) electrons. The highest BCUT2D eigenvalue weighted by atomic mass is 16.5. The predicted octanol–water partition coefficient (Wildman–Crippen LogP) is 2.47. The lowest BCUT2D eigenvalue weighted by Gasteiger charge is -2.11. The molecule has 1 aromatic heterocycles. The lowest BCUT2D eigenvalue weighted by molar-refractivity contribution is -0.121. The third-order valence-corrected chi connectivity index (χ3v) is 4.10. The monoisotopic (exact) mass is 352 g/mol. The maximum Gasteiger partial charge on any atom is 0.240 e.